The first-order valence-electron chi connectivity index (χ1n) is 7.12. The summed E-state index contributed by atoms with van der Waals surface area (Å²) < 4.78 is 5.02. The fourth-order valence-electron chi connectivity index (χ4n) is 2.25. The molecule has 118 valence electrons. The summed E-state index contributed by atoms with van der Waals surface area (Å²) >= 11 is 3.49. The Labute approximate surface area is 139 Å². The van der Waals surface area contributed by atoms with Crippen LogP contribution in [0.5, 0.6) is 0 Å². The van der Waals surface area contributed by atoms with Gasteiger partial charge in [0.25, 0.3) is 5.91 Å². The number of hydrogen-bond acceptors (Lipinski definition) is 3. The summed E-state index contributed by atoms with van der Waals surface area (Å²) in [6, 6.07) is 6.36. The van der Waals surface area contributed by atoms with Gasteiger partial charge in [-0.25, -0.2) is 0 Å². The van der Waals surface area contributed by atoms with Gasteiger partial charge in [0, 0.05) is 5.33 Å². The molecule has 0 aliphatic carbocycles. The predicted molar refractivity (Wildman–Crippen MR) is 88.4 cm³/mol. The minimum Gasteiger partial charge on any atom is -0.479 e. The van der Waals surface area contributed by atoms with Gasteiger partial charge in [0.15, 0.2) is 18.7 Å². The van der Waals surface area contributed by atoms with E-state index in [2.05, 4.69) is 54.9 Å². The normalized spacial score (nSPS) is 15.4. The Morgan fingerprint density at radius 2 is 1.95 bits per heavy atom. The lowest BCUT2D eigenvalue weighted by Crippen LogP contribution is -2.33. The maximum absolute atomic E-state index is 11.9. The Morgan fingerprint density at radius 1 is 1.27 bits per heavy atom. The van der Waals surface area contributed by atoms with Crippen LogP contribution in [0, 0.1) is 0 Å². The molecule has 1 aliphatic rings. The van der Waals surface area contributed by atoms with E-state index in [1.165, 1.54) is 22.2 Å². The molecule has 4 nitrogen and oxygen atoms in total. The Balaban J connectivity index is 2.32. The fourth-order valence-corrected chi connectivity index (χ4v) is 2.57. The molecule has 0 bridgehead atoms. The molecule has 0 saturated heterocycles. The summed E-state index contributed by atoms with van der Waals surface area (Å²) in [5.41, 5.74) is 3.47. The number of rotatable bonds is 4. The zero-order valence-corrected chi connectivity index (χ0v) is 14.6. The molecule has 0 spiro atoms. The van der Waals surface area contributed by atoms with Crippen LogP contribution in [0.4, 0.5) is 0 Å². The first kappa shape index (κ1) is 16.7. The fraction of sp³-hybridized carbons (Fsp3) is 0.412. The summed E-state index contributed by atoms with van der Waals surface area (Å²) in [5, 5.41) is 0.760. The SMILES string of the molecule is CC(C)(C)c1cc(CBr)cc(CN2C=C(C=O)OCC2=O)c1. The molecule has 0 radical (unpaired) electrons. The van der Waals surface area contributed by atoms with Crippen molar-refractivity contribution in [3.63, 3.8) is 0 Å². The first-order chi connectivity index (χ1) is 10.3. The zero-order chi connectivity index (χ0) is 16.3. The second kappa shape index (κ2) is 6.65. The Kier molecular flexibility index (Phi) is 5.06. The number of carbonyl (C=O) groups excluding carboxylic acids is 2. The third-order valence-corrected chi connectivity index (χ3v) is 4.16. The lowest BCUT2D eigenvalue weighted by Gasteiger charge is -2.25. The largest absolute Gasteiger partial charge is 0.479 e. The van der Waals surface area contributed by atoms with E-state index in [1.807, 2.05) is 0 Å². The van der Waals surface area contributed by atoms with Crippen molar-refractivity contribution in [2.24, 2.45) is 0 Å². The first-order valence-corrected chi connectivity index (χ1v) is 8.24. The average Bonchev–Trinajstić information content (AvgIpc) is 2.48. The number of ether oxygens (including phenoxy) is 1. The Morgan fingerprint density at radius 3 is 2.55 bits per heavy atom. The Hall–Kier alpha value is -1.62. The van der Waals surface area contributed by atoms with E-state index in [4.69, 9.17) is 4.74 Å². The van der Waals surface area contributed by atoms with E-state index in [-0.39, 0.29) is 23.7 Å². The number of carbonyl (C=O) groups is 2. The van der Waals surface area contributed by atoms with Crippen LogP contribution < -0.4 is 0 Å². The summed E-state index contributed by atoms with van der Waals surface area (Å²) in [4.78, 5) is 24.3. The van der Waals surface area contributed by atoms with E-state index in [1.54, 1.807) is 0 Å². The van der Waals surface area contributed by atoms with E-state index in [9.17, 15) is 9.59 Å². The maximum atomic E-state index is 11.9. The van der Waals surface area contributed by atoms with Crippen LogP contribution >= 0.6 is 15.9 Å². The second-order valence-electron chi connectivity index (χ2n) is 6.38. The number of amides is 1. The topological polar surface area (TPSA) is 46.6 Å². The number of benzene rings is 1. The molecular formula is C17H20BrNO3. The molecule has 1 aliphatic heterocycles. The molecule has 0 atom stereocenters. The highest BCUT2D eigenvalue weighted by Gasteiger charge is 2.21. The minimum atomic E-state index is -0.146. The van der Waals surface area contributed by atoms with E-state index >= 15 is 0 Å². The van der Waals surface area contributed by atoms with Gasteiger partial charge in [-0.3, -0.25) is 9.59 Å². The van der Waals surface area contributed by atoms with Crippen LogP contribution in [0.25, 0.3) is 0 Å². The molecule has 1 amide bonds. The summed E-state index contributed by atoms with van der Waals surface area (Å²) in [7, 11) is 0. The molecule has 0 N–H and O–H groups in total. The van der Waals surface area contributed by atoms with Gasteiger partial charge in [-0.1, -0.05) is 54.9 Å². The average molecular weight is 366 g/mol. The molecule has 2 rings (SSSR count). The van der Waals surface area contributed by atoms with Crippen LogP contribution in [0.3, 0.4) is 0 Å². The van der Waals surface area contributed by atoms with Crippen LogP contribution in [-0.4, -0.2) is 23.7 Å². The van der Waals surface area contributed by atoms with Gasteiger partial charge in [0.05, 0.1) is 12.7 Å². The lowest BCUT2D eigenvalue weighted by molar-refractivity contribution is -0.135. The summed E-state index contributed by atoms with van der Waals surface area (Å²) in [5.74, 6) is 0.0412. The van der Waals surface area contributed by atoms with E-state index in [0.29, 0.717) is 12.8 Å². The molecule has 0 fully saturated rings. The van der Waals surface area contributed by atoms with Crippen molar-refractivity contribution in [1.29, 1.82) is 0 Å². The minimum absolute atomic E-state index is 0.0335. The molecule has 1 aromatic carbocycles. The monoisotopic (exact) mass is 365 g/mol. The number of aldehydes is 1. The zero-order valence-electron chi connectivity index (χ0n) is 13.1. The molecule has 0 aromatic heterocycles. The predicted octanol–water partition coefficient (Wildman–Crippen LogP) is 3.28. The van der Waals surface area contributed by atoms with Crippen LogP contribution in [0.2, 0.25) is 0 Å². The second-order valence-corrected chi connectivity index (χ2v) is 6.94. The van der Waals surface area contributed by atoms with Crippen molar-refractivity contribution in [2.45, 2.75) is 38.1 Å². The number of nitrogens with zero attached hydrogens (tertiary/aromatic N) is 1. The van der Waals surface area contributed by atoms with E-state index < -0.39 is 0 Å². The van der Waals surface area contributed by atoms with Crippen molar-refractivity contribution in [1.82, 2.24) is 4.90 Å². The summed E-state index contributed by atoms with van der Waals surface area (Å²) in [6.45, 7) is 6.83. The van der Waals surface area contributed by atoms with Crippen molar-refractivity contribution in [2.75, 3.05) is 6.61 Å². The molecule has 0 unspecified atom stereocenters. The van der Waals surface area contributed by atoms with E-state index in [0.717, 1.165) is 10.9 Å². The van der Waals surface area contributed by atoms with Crippen molar-refractivity contribution in [3.05, 3.63) is 46.8 Å². The van der Waals surface area contributed by atoms with Gasteiger partial charge in [-0.05, 0) is 22.1 Å². The van der Waals surface area contributed by atoms with Crippen molar-refractivity contribution in [3.8, 4) is 0 Å². The highest BCUT2D eigenvalue weighted by Crippen LogP contribution is 2.26. The van der Waals surface area contributed by atoms with Gasteiger partial charge in [0.2, 0.25) is 0 Å². The smallest absolute Gasteiger partial charge is 0.264 e. The van der Waals surface area contributed by atoms with Crippen molar-refractivity contribution >= 4 is 28.1 Å². The van der Waals surface area contributed by atoms with Gasteiger partial charge < -0.3 is 9.64 Å². The third kappa shape index (κ3) is 3.97. The molecule has 1 aromatic rings. The number of halogens is 1. The molecular weight excluding hydrogens is 346 g/mol. The van der Waals surface area contributed by atoms with Gasteiger partial charge >= 0.3 is 0 Å². The van der Waals surface area contributed by atoms with Crippen molar-refractivity contribution < 1.29 is 14.3 Å². The summed E-state index contributed by atoms with van der Waals surface area (Å²) in [6.07, 6.45) is 2.09. The molecule has 22 heavy (non-hydrogen) atoms. The van der Waals surface area contributed by atoms with Gasteiger partial charge in [-0.2, -0.15) is 0 Å². The van der Waals surface area contributed by atoms with Gasteiger partial charge in [-0.15, -0.1) is 0 Å². The van der Waals surface area contributed by atoms with Crippen LogP contribution in [0.1, 0.15) is 37.5 Å². The lowest BCUT2D eigenvalue weighted by atomic mass is 9.85. The maximum Gasteiger partial charge on any atom is 0.264 e. The molecule has 1 heterocycles. The van der Waals surface area contributed by atoms with Gasteiger partial charge in [0.1, 0.15) is 0 Å². The standard InChI is InChI=1S/C17H20BrNO3/c1-17(2,3)14-5-12(7-18)4-13(6-14)8-19-9-15(10-20)22-11-16(19)21/h4-6,9-10H,7-8,11H2,1-3H3. The number of hydrogen-bond donors (Lipinski definition) is 0. The van der Waals surface area contributed by atoms with Crippen LogP contribution in [-0.2, 0) is 31.6 Å². The number of alkyl halides is 1. The highest BCUT2D eigenvalue weighted by molar-refractivity contribution is 9.08. The van der Waals surface area contributed by atoms with Crippen LogP contribution in [0.15, 0.2) is 30.2 Å². The Bertz CT molecular complexity index is 617. The molecule has 5 heteroatoms. The number of allylic oxidation sites excluding steroid dienone is 1. The quantitative estimate of drug-likeness (QED) is 0.607. The molecule has 0 saturated carbocycles. The third-order valence-electron chi connectivity index (χ3n) is 3.51. The highest BCUT2D eigenvalue weighted by atomic mass is 79.9.